The molecule has 6 heteroatoms. The second-order valence-corrected chi connectivity index (χ2v) is 14.3. The van der Waals surface area contributed by atoms with Crippen molar-refractivity contribution in [1.82, 2.24) is 10.6 Å². The van der Waals surface area contributed by atoms with Crippen molar-refractivity contribution in [3.63, 3.8) is 0 Å². The van der Waals surface area contributed by atoms with Gasteiger partial charge in [-0.1, -0.05) is 150 Å². The highest BCUT2D eigenvalue weighted by atomic mass is 16.5. The Balaban J connectivity index is 2.34. The quantitative estimate of drug-likeness (QED) is 0.0563. The number of unbranched alkanes of at least 4 members (excludes halogenated alkanes) is 18. The highest BCUT2D eigenvalue weighted by molar-refractivity contribution is 5.67. The molecule has 1 saturated carbocycles. The molecule has 0 aromatic carbocycles. The van der Waals surface area contributed by atoms with Crippen LogP contribution < -0.4 is 10.6 Å². The molecule has 6 nitrogen and oxygen atoms in total. The van der Waals surface area contributed by atoms with Gasteiger partial charge in [-0.3, -0.25) is 4.79 Å². The molecule has 0 saturated heterocycles. The molecule has 0 radical (unpaired) electrons. The fourth-order valence-corrected chi connectivity index (χ4v) is 7.11. The number of ether oxygens (including phenoxy) is 2. The zero-order valence-corrected chi connectivity index (χ0v) is 28.5. The van der Waals surface area contributed by atoms with Gasteiger partial charge in [-0.05, 0) is 37.5 Å². The van der Waals surface area contributed by atoms with E-state index in [1.165, 1.54) is 109 Å². The summed E-state index contributed by atoms with van der Waals surface area (Å²) in [6.07, 6.45) is 28.1. The first-order chi connectivity index (χ1) is 20.3. The van der Waals surface area contributed by atoms with Crippen molar-refractivity contribution in [2.75, 3.05) is 13.2 Å². The Morgan fingerprint density at radius 1 is 0.714 bits per heavy atom. The van der Waals surface area contributed by atoms with Gasteiger partial charge in [0, 0.05) is 18.1 Å². The smallest absolute Gasteiger partial charge is 0.407 e. The van der Waals surface area contributed by atoms with Crippen LogP contribution in [0.5, 0.6) is 0 Å². The molecule has 2 N–H and O–H groups in total. The van der Waals surface area contributed by atoms with Crippen LogP contribution in [0.1, 0.15) is 182 Å². The molecular weight excluding hydrogens is 524 g/mol. The van der Waals surface area contributed by atoms with Gasteiger partial charge in [-0.15, -0.1) is 0 Å². The summed E-state index contributed by atoms with van der Waals surface area (Å²) in [5, 5.41) is 6.11. The fourth-order valence-electron chi connectivity index (χ4n) is 7.11. The van der Waals surface area contributed by atoms with Gasteiger partial charge in [-0.2, -0.15) is 0 Å². The highest BCUT2D eigenvalue weighted by Gasteiger charge is 2.46. The van der Waals surface area contributed by atoms with Crippen molar-refractivity contribution in [3.05, 3.63) is 0 Å². The lowest BCUT2D eigenvalue weighted by atomic mass is 9.62. The summed E-state index contributed by atoms with van der Waals surface area (Å²) < 4.78 is 11.9. The monoisotopic (exact) mass is 595 g/mol. The Morgan fingerprint density at radius 3 is 1.64 bits per heavy atom. The van der Waals surface area contributed by atoms with Gasteiger partial charge in [0.2, 0.25) is 6.41 Å². The van der Waals surface area contributed by atoms with E-state index in [0.29, 0.717) is 13.2 Å². The second kappa shape index (κ2) is 24.1. The normalized spacial score (nSPS) is 20.6. The number of hydrogen-bond donors (Lipinski definition) is 2. The Kier molecular flexibility index (Phi) is 22.2. The summed E-state index contributed by atoms with van der Waals surface area (Å²) in [6, 6.07) is -0.00386. The number of carbonyl (C=O) groups is 2. The molecule has 0 bridgehead atoms. The second-order valence-electron chi connectivity index (χ2n) is 14.3. The highest BCUT2D eigenvalue weighted by Crippen LogP contribution is 2.48. The van der Waals surface area contributed by atoms with Crippen molar-refractivity contribution < 1.29 is 19.1 Å². The molecule has 0 aromatic heterocycles. The largest absolute Gasteiger partial charge is 0.450 e. The number of hydrogen-bond acceptors (Lipinski definition) is 4. The van der Waals surface area contributed by atoms with E-state index in [9.17, 15) is 9.59 Å². The minimum Gasteiger partial charge on any atom is -0.450 e. The van der Waals surface area contributed by atoms with Crippen LogP contribution in [0, 0.1) is 10.8 Å². The molecule has 0 heterocycles. The minimum atomic E-state index is -0.361. The van der Waals surface area contributed by atoms with Crippen LogP contribution in [0.4, 0.5) is 4.79 Å². The lowest BCUT2D eigenvalue weighted by Gasteiger charge is -2.49. The molecule has 1 aliphatic rings. The van der Waals surface area contributed by atoms with Crippen molar-refractivity contribution in [1.29, 1.82) is 0 Å². The standard InChI is InChI=1S/C36H70N2O4/c1-6-8-10-12-14-16-18-20-22-24-26-41-33(37-31-39)36(5)29-32(28-35(3,4)30-36)38-34(40)42-27-25-23-21-19-17-15-13-11-9-7-2/h31-33H,6-30H2,1-5H3,(H,37,39)(H,38,40). The Hall–Kier alpha value is -1.30. The number of carbonyl (C=O) groups excluding carboxylic acids is 2. The number of nitrogens with one attached hydrogen (secondary N) is 2. The Bertz CT molecular complexity index is 671. The lowest BCUT2D eigenvalue weighted by molar-refractivity contribution is -0.126. The molecule has 42 heavy (non-hydrogen) atoms. The first-order valence-corrected chi connectivity index (χ1v) is 18.0. The summed E-state index contributed by atoms with van der Waals surface area (Å²) in [7, 11) is 0. The average Bonchev–Trinajstić information content (AvgIpc) is 2.93. The van der Waals surface area contributed by atoms with Crippen LogP contribution in [0.3, 0.4) is 0 Å². The number of amides is 2. The van der Waals surface area contributed by atoms with Gasteiger partial charge in [0.1, 0.15) is 6.23 Å². The summed E-state index contributed by atoms with van der Waals surface area (Å²) in [5.41, 5.74) is -0.250. The summed E-state index contributed by atoms with van der Waals surface area (Å²) >= 11 is 0. The molecule has 2 amide bonds. The first kappa shape index (κ1) is 38.7. The van der Waals surface area contributed by atoms with Crippen LogP contribution in [0.25, 0.3) is 0 Å². The van der Waals surface area contributed by atoms with Gasteiger partial charge in [0.15, 0.2) is 0 Å². The molecule has 3 unspecified atom stereocenters. The molecule has 0 aromatic rings. The SMILES string of the molecule is CCCCCCCCCCCCOC(=O)NC1CC(C)(C)CC(C)(C(NC=O)OCCCCCCCCCCCC)C1. The fraction of sp³-hybridized carbons (Fsp3) is 0.944. The molecule has 0 spiro atoms. The Morgan fingerprint density at radius 2 is 1.17 bits per heavy atom. The minimum absolute atomic E-state index is 0.00386. The van der Waals surface area contributed by atoms with Gasteiger partial charge in [0.05, 0.1) is 6.61 Å². The van der Waals surface area contributed by atoms with Gasteiger partial charge < -0.3 is 20.1 Å². The molecule has 1 rings (SSSR count). The van der Waals surface area contributed by atoms with E-state index in [1.54, 1.807) is 0 Å². The van der Waals surface area contributed by atoms with Crippen LogP contribution in [0.2, 0.25) is 0 Å². The zero-order chi connectivity index (χ0) is 30.9. The summed E-state index contributed by atoms with van der Waals surface area (Å²) in [5.74, 6) is 0. The van der Waals surface area contributed by atoms with E-state index in [4.69, 9.17) is 9.47 Å². The zero-order valence-electron chi connectivity index (χ0n) is 28.5. The average molecular weight is 595 g/mol. The third-order valence-corrected chi connectivity index (χ3v) is 9.08. The molecular formula is C36H70N2O4. The van der Waals surface area contributed by atoms with Crippen molar-refractivity contribution in [3.8, 4) is 0 Å². The molecule has 1 fully saturated rings. The maximum Gasteiger partial charge on any atom is 0.407 e. The van der Waals surface area contributed by atoms with Crippen molar-refractivity contribution in [2.45, 2.75) is 195 Å². The maximum atomic E-state index is 12.6. The van der Waals surface area contributed by atoms with Crippen molar-refractivity contribution in [2.24, 2.45) is 10.8 Å². The molecule has 1 aliphatic carbocycles. The topological polar surface area (TPSA) is 76.7 Å². The number of rotatable bonds is 27. The van der Waals surface area contributed by atoms with Crippen LogP contribution in [0.15, 0.2) is 0 Å². The first-order valence-electron chi connectivity index (χ1n) is 18.0. The third-order valence-electron chi connectivity index (χ3n) is 9.08. The van der Waals surface area contributed by atoms with E-state index < -0.39 is 0 Å². The van der Waals surface area contributed by atoms with Gasteiger partial charge in [-0.25, -0.2) is 4.79 Å². The van der Waals surface area contributed by atoms with Crippen LogP contribution >= 0.6 is 0 Å². The van der Waals surface area contributed by atoms with Crippen LogP contribution in [-0.4, -0.2) is 38.0 Å². The Labute approximate surface area is 260 Å². The van der Waals surface area contributed by atoms with Gasteiger partial charge >= 0.3 is 6.09 Å². The predicted molar refractivity (Wildman–Crippen MR) is 177 cm³/mol. The third kappa shape index (κ3) is 19.1. The summed E-state index contributed by atoms with van der Waals surface area (Å²) in [4.78, 5) is 24.2. The van der Waals surface area contributed by atoms with Crippen LogP contribution in [-0.2, 0) is 14.3 Å². The van der Waals surface area contributed by atoms with E-state index in [2.05, 4.69) is 45.3 Å². The predicted octanol–water partition coefficient (Wildman–Crippen LogP) is 10.2. The molecule has 0 aliphatic heterocycles. The lowest BCUT2D eigenvalue weighted by Crippen LogP contribution is -2.55. The molecule has 248 valence electrons. The maximum absolute atomic E-state index is 12.6. The van der Waals surface area contributed by atoms with E-state index in [1.807, 2.05) is 0 Å². The van der Waals surface area contributed by atoms with Crippen molar-refractivity contribution >= 4 is 12.5 Å². The summed E-state index contributed by atoms with van der Waals surface area (Å²) in [6.45, 7) is 12.3. The van der Waals surface area contributed by atoms with E-state index in [-0.39, 0.29) is 29.2 Å². The number of alkyl carbamates (subject to hydrolysis) is 1. The van der Waals surface area contributed by atoms with E-state index >= 15 is 0 Å². The van der Waals surface area contributed by atoms with E-state index in [0.717, 1.165) is 44.9 Å². The molecule has 3 atom stereocenters. The van der Waals surface area contributed by atoms with Gasteiger partial charge in [0.25, 0.3) is 0 Å².